The lowest BCUT2D eigenvalue weighted by Gasteiger charge is -2.31. The van der Waals surface area contributed by atoms with E-state index in [1.54, 1.807) is 0 Å². The van der Waals surface area contributed by atoms with E-state index in [9.17, 15) is 4.79 Å². The summed E-state index contributed by atoms with van der Waals surface area (Å²) in [6.45, 7) is 12.4. The Morgan fingerprint density at radius 2 is 1.26 bits per heavy atom. The van der Waals surface area contributed by atoms with Crippen molar-refractivity contribution in [2.45, 2.75) is 41.5 Å². The molecule has 0 amide bonds. The van der Waals surface area contributed by atoms with Crippen molar-refractivity contribution in [3.63, 3.8) is 0 Å². The smallest absolute Gasteiger partial charge is 0.186 e. The largest absolute Gasteiger partial charge is 0.289 e. The molecule has 1 aliphatic rings. The summed E-state index contributed by atoms with van der Waals surface area (Å²) in [6, 6.07) is 8.08. The van der Waals surface area contributed by atoms with Crippen LogP contribution in [0.15, 0.2) is 52.6 Å². The Morgan fingerprint density at radius 1 is 0.826 bits per heavy atom. The molecular weight excluding hydrogens is 397 g/mol. The highest BCUT2D eigenvalue weighted by Crippen LogP contribution is 2.37. The summed E-state index contributed by atoms with van der Waals surface area (Å²) in [6.07, 6.45) is 3.88. The van der Waals surface area contributed by atoms with Gasteiger partial charge in [-0.05, 0) is 69.8 Å². The lowest BCUT2D eigenvalue weighted by molar-refractivity contribution is -0.114. The van der Waals surface area contributed by atoms with Crippen LogP contribution in [0.3, 0.4) is 0 Å². The number of nitrogens with zero attached hydrogens (tertiary/aromatic N) is 1. The second kappa shape index (κ2) is 6.34. The number of Topliss-reactive ketones (excluding diaryl/α,β-unsaturated/α-hetero) is 1. The molecule has 0 bridgehead atoms. The molecule has 0 N–H and O–H groups in total. The van der Waals surface area contributed by atoms with Gasteiger partial charge >= 0.3 is 0 Å². The standard InChI is InChI=1S/C20H24INO/c1-19(2,3)16-11-15(12-17(18(16)23)20(4,5)6)22-14-9-7-13(21)8-10-14/h7-12H,1-6H3. The van der Waals surface area contributed by atoms with Crippen molar-refractivity contribution in [1.29, 1.82) is 0 Å². The molecular formula is C20H24INO. The van der Waals surface area contributed by atoms with Crippen LogP contribution in [0, 0.1) is 14.4 Å². The average molecular weight is 421 g/mol. The molecule has 0 aromatic heterocycles. The van der Waals surface area contributed by atoms with Crippen LogP contribution < -0.4 is 0 Å². The molecule has 122 valence electrons. The normalized spacial score (nSPS) is 16.1. The van der Waals surface area contributed by atoms with Gasteiger partial charge in [0.05, 0.1) is 11.4 Å². The molecule has 0 saturated carbocycles. The highest BCUT2D eigenvalue weighted by molar-refractivity contribution is 14.1. The zero-order valence-electron chi connectivity index (χ0n) is 14.7. The predicted octanol–water partition coefficient (Wildman–Crippen LogP) is 5.89. The van der Waals surface area contributed by atoms with E-state index in [1.165, 1.54) is 3.57 Å². The second-order valence-corrected chi connectivity index (χ2v) is 9.20. The summed E-state index contributed by atoms with van der Waals surface area (Å²) in [7, 11) is 0. The van der Waals surface area contributed by atoms with Crippen LogP contribution in [0.1, 0.15) is 41.5 Å². The van der Waals surface area contributed by atoms with Gasteiger partial charge in [-0.1, -0.05) is 41.5 Å². The SMILES string of the molecule is CC(C)(C)C1=CC(=Nc2ccc(I)cc2)C=C(C(C)(C)C)C1=O. The van der Waals surface area contributed by atoms with E-state index in [4.69, 9.17) is 4.99 Å². The Kier molecular flexibility index (Phi) is 5.00. The lowest BCUT2D eigenvalue weighted by Crippen LogP contribution is -2.29. The molecule has 0 spiro atoms. The third-order valence-electron chi connectivity index (χ3n) is 3.77. The average Bonchev–Trinajstić information content (AvgIpc) is 2.40. The van der Waals surface area contributed by atoms with Crippen LogP contribution in [-0.4, -0.2) is 11.5 Å². The summed E-state index contributed by atoms with van der Waals surface area (Å²) < 4.78 is 1.18. The molecule has 0 aliphatic heterocycles. The Balaban J connectivity index is 2.56. The van der Waals surface area contributed by atoms with E-state index in [0.717, 1.165) is 22.5 Å². The first-order valence-electron chi connectivity index (χ1n) is 7.82. The molecule has 23 heavy (non-hydrogen) atoms. The Hall–Kier alpha value is -1.23. The third-order valence-corrected chi connectivity index (χ3v) is 4.49. The van der Waals surface area contributed by atoms with Gasteiger partial charge < -0.3 is 0 Å². The van der Waals surface area contributed by atoms with E-state index in [0.29, 0.717) is 0 Å². The summed E-state index contributed by atoms with van der Waals surface area (Å²) in [4.78, 5) is 17.6. The summed E-state index contributed by atoms with van der Waals surface area (Å²) in [5.74, 6) is 0.145. The number of ketones is 1. The van der Waals surface area contributed by atoms with Crippen LogP contribution in [0.5, 0.6) is 0 Å². The predicted molar refractivity (Wildman–Crippen MR) is 106 cm³/mol. The molecule has 3 heteroatoms. The van der Waals surface area contributed by atoms with Crippen LogP contribution in [0.4, 0.5) is 5.69 Å². The minimum atomic E-state index is -0.200. The number of rotatable bonds is 1. The van der Waals surface area contributed by atoms with Gasteiger partial charge in [0.25, 0.3) is 0 Å². The van der Waals surface area contributed by atoms with Gasteiger partial charge in [0, 0.05) is 14.7 Å². The Bertz CT molecular complexity index is 671. The van der Waals surface area contributed by atoms with E-state index >= 15 is 0 Å². The molecule has 0 atom stereocenters. The fourth-order valence-electron chi connectivity index (χ4n) is 2.46. The third kappa shape index (κ3) is 4.40. The van der Waals surface area contributed by atoms with Crippen LogP contribution in [0.2, 0.25) is 0 Å². The molecule has 2 rings (SSSR count). The number of benzene rings is 1. The summed E-state index contributed by atoms with van der Waals surface area (Å²) in [5.41, 5.74) is 3.01. The van der Waals surface area contributed by atoms with E-state index in [2.05, 4.69) is 64.1 Å². The fraction of sp³-hybridized carbons (Fsp3) is 0.400. The quantitative estimate of drug-likeness (QED) is 0.411. The molecule has 0 fully saturated rings. The molecule has 0 saturated heterocycles. The molecule has 1 aliphatic carbocycles. The van der Waals surface area contributed by atoms with Crippen LogP contribution in [0.25, 0.3) is 0 Å². The maximum absolute atomic E-state index is 12.9. The van der Waals surface area contributed by atoms with Gasteiger partial charge in [-0.15, -0.1) is 0 Å². The number of aliphatic imine (C=N–C) groups is 1. The van der Waals surface area contributed by atoms with E-state index in [1.807, 2.05) is 36.4 Å². The van der Waals surface area contributed by atoms with Crippen LogP contribution >= 0.6 is 22.6 Å². The van der Waals surface area contributed by atoms with Crippen molar-refractivity contribution >= 4 is 39.8 Å². The summed E-state index contributed by atoms with van der Waals surface area (Å²) in [5, 5.41) is 0. The van der Waals surface area contributed by atoms with Crippen molar-refractivity contribution in [3.8, 4) is 0 Å². The maximum Gasteiger partial charge on any atom is 0.186 e. The number of halogens is 1. The number of hydrogen-bond donors (Lipinski definition) is 0. The number of hydrogen-bond acceptors (Lipinski definition) is 2. The molecule has 0 unspecified atom stereocenters. The first-order valence-corrected chi connectivity index (χ1v) is 8.90. The fourth-order valence-corrected chi connectivity index (χ4v) is 2.82. The molecule has 0 heterocycles. The Labute approximate surface area is 152 Å². The number of allylic oxidation sites excluding steroid dienone is 4. The molecule has 0 radical (unpaired) electrons. The minimum absolute atomic E-state index is 0.145. The van der Waals surface area contributed by atoms with Gasteiger partial charge in [0.1, 0.15) is 0 Å². The van der Waals surface area contributed by atoms with Crippen molar-refractivity contribution < 1.29 is 4.79 Å². The van der Waals surface area contributed by atoms with Gasteiger partial charge in [0.15, 0.2) is 5.78 Å². The first kappa shape index (κ1) is 18.1. The highest BCUT2D eigenvalue weighted by Gasteiger charge is 2.34. The van der Waals surface area contributed by atoms with E-state index in [-0.39, 0.29) is 16.6 Å². The molecule has 1 aromatic rings. The topological polar surface area (TPSA) is 29.4 Å². The number of carbonyl (C=O) groups excluding carboxylic acids is 1. The molecule has 1 aromatic carbocycles. The van der Waals surface area contributed by atoms with Crippen molar-refractivity contribution in [2.24, 2.45) is 15.8 Å². The highest BCUT2D eigenvalue weighted by atomic mass is 127. The zero-order chi connectivity index (χ0) is 17.4. The maximum atomic E-state index is 12.9. The zero-order valence-corrected chi connectivity index (χ0v) is 16.9. The van der Waals surface area contributed by atoms with Gasteiger partial charge in [0.2, 0.25) is 0 Å². The van der Waals surface area contributed by atoms with Crippen LogP contribution in [-0.2, 0) is 4.79 Å². The van der Waals surface area contributed by atoms with Gasteiger partial charge in [-0.25, -0.2) is 4.99 Å². The monoisotopic (exact) mass is 421 g/mol. The molecule has 2 nitrogen and oxygen atoms in total. The van der Waals surface area contributed by atoms with Gasteiger partial charge in [-0.3, -0.25) is 4.79 Å². The van der Waals surface area contributed by atoms with Crippen molar-refractivity contribution in [3.05, 3.63) is 51.1 Å². The van der Waals surface area contributed by atoms with Gasteiger partial charge in [-0.2, -0.15) is 0 Å². The second-order valence-electron chi connectivity index (χ2n) is 7.96. The van der Waals surface area contributed by atoms with Crippen molar-refractivity contribution in [1.82, 2.24) is 0 Å². The summed E-state index contributed by atoms with van der Waals surface area (Å²) >= 11 is 2.28. The first-order chi connectivity index (χ1) is 10.5. The number of carbonyl (C=O) groups is 1. The lowest BCUT2D eigenvalue weighted by atomic mass is 9.72. The Morgan fingerprint density at radius 3 is 1.65 bits per heavy atom. The van der Waals surface area contributed by atoms with Crippen molar-refractivity contribution in [2.75, 3.05) is 0 Å². The minimum Gasteiger partial charge on any atom is -0.289 e. The van der Waals surface area contributed by atoms with E-state index < -0.39 is 0 Å².